The highest BCUT2D eigenvalue weighted by Crippen LogP contribution is 2.16. The normalized spacial score (nSPS) is 10.2. The monoisotopic (exact) mass is 320 g/mol. The van der Waals surface area contributed by atoms with Gasteiger partial charge < -0.3 is 15.4 Å². The van der Waals surface area contributed by atoms with Crippen LogP contribution >= 0.6 is 0 Å². The van der Waals surface area contributed by atoms with Gasteiger partial charge in [0.15, 0.2) is 0 Å². The summed E-state index contributed by atoms with van der Waals surface area (Å²) in [6, 6.07) is 6.91. The van der Waals surface area contributed by atoms with Gasteiger partial charge in [0.05, 0.1) is 7.11 Å². The molecule has 0 bridgehead atoms. The van der Waals surface area contributed by atoms with Crippen molar-refractivity contribution >= 4 is 17.5 Å². The van der Waals surface area contributed by atoms with Gasteiger partial charge in [0.1, 0.15) is 5.75 Å². The molecule has 0 heterocycles. The van der Waals surface area contributed by atoms with Crippen molar-refractivity contribution in [2.45, 2.75) is 51.9 Å². The number of nitrogens with one attached hydrogen (secondary N) is 2. The third-order valence-corrected chi connectivity index (χ3v) is 3.60. The molecule has 1 rings (SSSR count). The summed E-state index contributed by atoms with van der Waals surface area (Å²) < 4.78 is 5.07. The van der Waals surface area contributed by atoms with E-state index in [0.29, 0.717) is 18.0 Å². The number of rotatable bonds is 10. The topological polar surface area (TPSA) is 67.4 Å². The highest BCUT2D eigenvalue weighted by Gasteiger charge is 2.13. The third kappa shape index (κ3) is 8.24. The van der Waals surface area contributed by atoms with E-state index in [1.165, 1.54) is 32.1 Å². The molecular weight excluding hydrogens is 292 g/mol. The Bertz CT molecular complexity index is 489. The van der Waals surface area contributed by atoms with E-state index < -0.39 is 11.8 Å². The molecule has 1 aromatic rings. The summed E-state index contributed by atoms with van der Waals surface area (Å²) in [5.74, 6) is -0.619. The maximum absolute atomic E-state index is 11.8. The second-order valence-electron chi connectivity index (χ2n) is 5.56. The van der Waals surface area contributed by atoms with Crippen LogP contribution in [0.3, 0.4) is 0 Å². The Morgan fingerprint density at radius 2 is 1.70 bits per heavy atom. The van der Waals surface area contributed by atoms with E-state index in [-0.39, 0.29) is 0 Å². The van der Waals surface area contributed by atoms with Crippen LogP contribution in [-0.2, 0) is 9.59 Å². The molecular formula is C18H28N2O3. The maximum atomic E-state index is 11.8. The predicted octanol–water partition coefficient (Wildman–Crippen LogP) is 3.50. The Kier molecular flexibility index (Phi) is 9.52. The summed E-state index contributed by atoms with van der Waals surface area (Å²) in [4.78, 5) is 23.5. The van der Waals surface area contributed by atoms with Gasteiger partial charge in [-0.3, -0.25) is 9.59 Å². The number of amides is 2. The van der Waals surface area contributed by atoms with Gasteiger partial charge in [-0.15, -0.1) is 0 Å². The van der Waals surface area contributed by atoms with E-state index >= 15 is 0 Å². The molecule has 2 amide bonds. The quantitative estimate of drug-likeness (QED) is 0.512. The number of hydrogen-bond acceptors (Lipinski definition) is 3. The number of anilines is 1. The lowest BCUT2D eigenvalue weighted by Gasteiger charge is -2.07. The Hall–Kier alpha value is -2.04. The molecule has 0 fully saturated rings. The average molecular weight is 320 g/mol. The minimum absolute atomic E-state index is 0.540. The number of ether oxygens (including phenoxy) is 1. The molecule has 0 atom stereocenters. The highest BCUT2D eigenvalue weighted by molar-refractivity contribution is 6.39. The van der Waals surface area contributed by atoms with Crippen LogP contribution in [0.25, 0.3) is 0 Å². The minimum atomic E-state index is -0.652. The maximum Gasteiger partial charge on any atom is 0.313 e. The van der Waals surface area contributed by atoms with Crippen LogP contribution in [0.4, 0.5) is 5.69 Å². The Morgan fingerprint density at radius 3 is 2.39 bits per heavy atom. The van der Waals surface area contributed by atoms with Crippen molar-refractivity contribution in [3.63, 3.8) is 0 Å². The molecule has 1 aromatic carbocycles. The van der Waals surface area contributed by atoms with Crippen LogP contribution in [-0.4, -0.2) is 25.5 Å². The summed E-state index contributed by atoms with van der Waals surface area (Å²) in [5.41, 5.74) is 0.542. The molecule has 0 spiro atoms. The fourth-order valence-corrected chi connectivity index (χ4v) is 2.25. The Balaban J connectivity index is 2.17. The summed E-state index contributed by atoms with van der Waals surface area (Å²) >= 11 is 0. The van der Waals surface area contributed by atoms with E-state index in [1.54, 1.807) is 31.4 Å². The van der Waals surface area contributed by atoms with Crippen molar-refractivity contribution in [1.29, 1.82) is 0 Å². The van der Waals surface area contributed by atoms with Gasteiger partial charge in [-0.2, -0.15) is 0 Å². The lowest BCUT2D eigenvalue weighted by molar-refractivity contribution is -0.136. The number of unbranched alkanes of at least 4 members (excludes halogenated alkanes) is 6. The summed E-state index contributed by atoms with van der Waals surface area (Å²) in [7, 11) is 1.55. The molecule has 0 aliphatic rings. The van der Waals surface area contributed by atoms with E-state index in [4.69, 9.17) is 4.74 Å². The zero-order valence-electron chi connectivity index (χ0n) is 14.2. The van der Waals surface area contributed by atoms with Crippen molar-refractivity contribution in [1.82, 2.24) is 5.32 Å². The van der Waals surface area contributed by atoms with Crippen LogP contribution < -0.4 is 15.4 Å². The fraction of sp³-hybridized carbons (Fsp3) is 0.556. The van der Waals surface area contributed by atoms with Gasteiger partial charge in [0.25, 0.3) is 0 Å². The summed E-state index contributed by atoms with van der Waals surface area (Å²) in [6.07, 6.45) is 8.25. The molecule has 0 aromatic heterocycles. The molecule has 5 nitrogen and oxygen atoms in total. The Labute approximate surface area is 138 Å². The van der Waals surface area contributed by atoms with Crippen LogP contribution in [0.5, 0.6) is 5.75 Å². The molecule has 128 valence electrons. The van der Waals surface area contributed by atoms with Crippen LogP contribution in [0.2, 0.25) is 0 Å². The second-order valence-corrected chi connectivity index (χ2v) is 5.56. The van der Waals surface area contributed by atoms with Gasteiger partial charge in [-0.25, -0.2) is 0 Å². The van der Waals surface area contributed by atoms with Crippen molar-refractivity contribution in [3.8, 4) is 5.75 Å². The summed E-state index contributed by atoms with van der Waals surface area (Å²) in [6.45, 7) is 2.74. The average Bonchev–Trinajstić information content (AvgIpc) is 2.57. The second kappa shape index (κ2) is 11.5. The molecule has 23 heavy (non-hydrogen) atoms. The molecule has 0 saturated heterocycles. The SMILES string of the molecule is CCCCCCCCCNC(=O)C(=O)Nc1cccc(OC)c1. The van der Waals surface area contributed by atoms with E-state index in [9.17, 15) is 9.59 Å². The van der Waals surface area contributed by atoms with Crippen LogP contribution in [0.1, 0.15) is 51.9 Å². The number of hydrogen-bond donors (Lipinski definition) is 2. The minimum Gasteiger partial charge on any atom is -0.497 e. The number of benzene rings is 1. The fourth-order valence-electron chi connectivity index (χ4n) is 2.25. The van der Waals surface area contributed by atoms with Gasteiger partial charge in [0.2, 0.25) is 0 Å². The third-order valence-electron chi connectivity index (χ3n) is 3.60. The van der Waals surface area contributed by atoms with Crippen molar-refractivity contribution in [2.24, 2.45) is 0 Å². The molecule has 5 heteroatoms. The van der Waals surface area contributed by atoms with Crippen LogP contribution in [0.15, 0.2) is 24.3 Å². The largest absolute Gasteiger partial charge is 0.497 e. The first-order chi connectivity index (χ1) is 11.2. The lowest BCUT2D eigenvalue weighted by atomic mass is 10.1. The first-order valence-corrected chi connectivity index (χ1v) is 8.40. The van der Waals surface area contributed by atoms with E-state index in [2.05, 4.69) is 17.6 Å². The molecule has 0 radical (unpaired) electrons. The number of carbonyl (C=O) groups is 2. The molecule has 0 aliphatic carbocycles. The number of methoxy groups -OCH3 is 1. The van der Waals surface area contributed by atoms with Gasteiger partial charge in [-0.1, -0.05) is 51.5 Å². The van der Waals surface area contributed by atoms with Crippen molar-refractivity contribution in [2.75, 3.05) is 19.0 Å². The first kappa shape index (κ1) is 19.0. The van der Waals surface area contributed by atoms with E-state index in [0.717, 1.165) is 12.8 Å². The van der Waals surface area contributed by atoms with Crippen molar-refractivity contribution in [3.05, 3.63) is 24.3 Å². The molecule has 0 saturated carbocycles. The summed E-state index contributed by atoms with van der Waals surface area (Å²) in [5, 5.41) is 5.21. The molecule has 0 unspecified atom stereocenters. The predicted molar refractivity (Wildman–Crippen MR) is 92.6 cm³/mol. The number of carbonyl (C=O) groups excluding carboxylic acids is 2. The molecule has 2 N–H and O–H groups in total. The van der Waals surface area contributed by atoms with Crippen LogP contribution in [0, 0.1) is 0 Å². The zero-order valence-corrected chi connectivity index (χ0v) is 14.2. The first-order valence-electron chi connectivity index (χ1n) is 8.40. The highest BCUT2D eigenvalue weighted by atomic mass is 16.5. The van der Waals surface area contributed by atoms with Gasteiger partial charge >= 0.3 is 11.8 Å². The standard InChI is InChI=1S/C18H28N2O3/c1-3-4-5-6-7-8-9-13-19-17(21)18(22)20-15-11-10-12-16(14-15)23-2/h10-12,14H,3-9,13H2,1-2H3,(H,19,21)(H,20,22). The lowest BCUT2D eigenvalue weighted by Crippen LogP contribution is -2.35. The smallest absolute Gasteiger partial charge is 0.313 e. The van der Waals surface area contributed by atoms with Gasteiger partial charge in [0, 0.05) is 18.3 Å². The van der Waals surface area contributed by atoms with Crippen molar-refractivity contribution < 1.29 is 14.3 Å². The van der Waals surface area contributed by atoms with Gasteiger partial charge in [-0.05, 0) is 18.6 Å². The molecule has 0 aliphatic heterocycles. The zero-order chi connectivity index (χ0) is 16.9. The van der Waals surface area contributed by atoms with E-state index in [1.807, 2.05) is 0 Å². The Morgan fingerprint density at radius 1 is 1.00 bits per heavy atom.